The molecular formula is C17H31N3O4S. The third kappa shape index (κ3) is 5.41. The summed E-state index contributed by atoms with van der Waals surface area (Å²) in [5.41, 5.74) is 0. The van der Waals surface area contributed by atoms with Crippen LogP contribution in [-0.4, -0.2) is 79.4 Å². The highest BCUT2D eigenvalue weighted by Gasteiger charge is 2.37. The summed E-state index contributed by atoms with van der Waals surface area (Å²) in [5.74, 6) is 0.268. The predicted molar refractivity (Wildman–Crippen MR) is 96.4 cm³/mol. The molecule has 2 heterocycles. The van der Waals surface area contributed by atoms with Gasteiger partial charge in [-0.15, -0.1) is 0 Å². The Balaban J connectivity index is 1.85. The van der Waals surface area contributed by atoms with Crippen LogP contribution >= 0.6 is 0 Å². The van der Waals surface area contributed by atoms with E-state index < -0.39 is 10.0 Å². The van der Waals surface area contributed by atoms with E-state index in [-0.39, 0.29) is 30.2 Å². The minimum Gasteiger partial charge on any atom is -0.343 e. The molecule has 7 nitrogen and oxygen atoms in total. The number of hydrogen-bond acceptors (Lipinski definition) is 4. The van der Waals surface area contributed by atoms with Crippen molar-refractivity contribution >= 4 is 21.8 Å². The van der Waals surface area contributed by atoms with E-state index in [9.17, 15) is 18.0 Å². The summed E-state index contributed by atoms with van der Waals surface area (Å²) < 4.78 is 24.7. The van der Waals surface area contributed by atoms with Gasteiger partial charge in [0.1, 0.15) is 0 Å². The van der Waals surface area contributed by atoms with Crippen LogP contribution in [0.15, 0.2) is 0 Å². The van der Waals surface area contributed by atoms with Gasteiger partial charge in [-0.2, -0.15) is 4.31 Å². The second-order valence-corrected chi connectivity index (χ2v) is 9.34. The van der Waals surface area contributed by atoms with Crippen molar-refractivity contribution < 1.29 is 18.0 Å². The van der Waals surface area contributed by atoms with Gasteiger partial charge in [-0.05, 0) is 25.2 Å². The lowest BCUT2D eigenvalue weighted by Crippen LogP contribution is -2.53. The van der Waals surface area contributed by atoms with Crippen LogP contribution < -0.4 is 0 Å². The normalized spacial score (nSPS) is 22.0. The summed E-state index contributed by atoms with van der Waals surface area (Å²) in [4.78, 5) is 28.4. The molecule has 0 aromatic carbocycles. The van der Waals surface area contributed by atoms with Crippen molar-refractivity contribution in [2.45, 2.75) is 52.0 Å². The molecule has 2 fully saturated rings. The van der Waals surface area contributed by atoms with Gasteiger partial charge in [0, 0.05) is 51.6 Å². The maximum atomic E-state index is 12.6. The molecule has 0 bridgehead atoms. The Kier molecular flexibility index (Phi) is 6.85. The molecule has 2 rings (SSSR count). The highest BCUT2D eigenvalue weighted by atomic mass is 32.2. The van der Waals surface area contributed by atoms with Gasteiger partial charge in [0.2, 0.25) is 21.8 Å². The van der Waals surface area contributed by atoms with Crippen molar-refractivity contribution in [1.29, 1.82) is 0 Å². The number of nitrogens with zero attached hydrogens (tertiary/aromatic N) is 3. The molecular weight excluding hydrogens is 342 g/mol. The molecule has 2 saturated heterocycles. The van der Waals surface area contributed by atoms with E-state index in [0.717, 1.165) is 32.4 Å². The fraction of sp³-hybridized carbons (Fsp3) is 0.882. The Hall–Kier alpha value is -1.15. The molecule has 25 heavy (non-hydrogen) atoms. The minimum absolute atomic E-state index is 0.0107. The van der Waals surface area contributed by atoms with Crippen molar-refractivity contribution in [3.8, 4) is 0 Å². The molecule has 2 aliphatic heterocycles. The standard InChI is InChI=1S/C17H31N3O4S/c1-4-7-19(13-14(2)11-16(21)18-8-5-9-18)17(22)12-15-6-10-20(15)25(3,23)24/h14-15H,4-13H2,1-3H3. The van der Waals surface area contributed by atoms with Crippen molar-refractivity contribution in [2.24, 2.45) is 5.92 Å². The highest BCUT2D eigenvalue weighted by Crippen LogP contribution is 2.24. The predicted octanol–water partition coefficient (Wildman–Crippen LogP) is 0.908. The molecule has 0 spiro atoms. The third-order valence-electron chi connectivity index (χ3n) is 5.04. The van der Waals surface area contributed by atoms with Gasteiger partial charge in [0.25, 0.3) is 0 Å². The molecule has 2 unspecified atom stereocenters. The Labute approximate surface area is 151 Å². The van der Waals surface area contributed by atoms with E-state index in [2.05, 4.69) is 0 Å². The molecule has 0 aliphatic carbocycles. The molecule has 0 aromatic rings. The third-order valence-corrected chi connectivity index (χ3v) is 6.37. The van der Waals surface area contributed by atoms with E-state index in [1.165, 1.54) is 10.6 Å². The SMILES string of the molecule is CCCN(CC(C)CC(=O)N1CCC1)C(=O)CC1CCN1S(C)(=O)=O. The van der Waals surface area contributed by atoms with Crippen LogP contribution in [0.4, 0.5) is 0 Å². The largest absolute Gasteiger partial charge is 0.343 e. The summed E-state index contributed by atoms with van der Waals surface area (Å²) in [5, 5.41) is 0. The molecule has 0 N–H and O–H groups in total. The number of likely N-dealkylation sites (tertiary alicyclic amines) is 1. The van der Waals surface area contributed by atoms with Crippen LogP contribution in [0.2, 0.25) is 0 Å². The van der Waals surface area contributed by atoms with Crippen LogP contribution in [0.25, 0.3) is 0 Å². The molecule has 2 amide bonds. The highest BCUT2D eigenvalue weighted by molar-refractivity contribution is 7.88. The topological polar surface area (TPSA) is 78.0 Å². The van der Waals surface area contributed by atoms with Crippen molar-refractivity contribution in [3.63, 3.8) is 0 Å². The summed E-state index contributed by atoms with van der Waals surface area (Å²) >= 11 is 0. The van der Waals surface area contributed by atoms with Gasteiger partial charge < -0.3 is 9.80 Å². The van der Waals surface area contributed by atoms with Crippen molar-refractivity contribution in [3.05, 3.63) is 0 Å². The summed E-state index contributed by atoms with van der Waals surface area (Å²) in [7, 11) is -3.23. The van der Waals surface area contributed by atoms with Crippen LogP contribution in [0.3, 0.4) is 0 Å². The number of carbonyl (C=O) groups is 2. The fourth-order valence-electron chi connectivity index (χ4n) is 3.41. The molecule has 144 valence electrons. The number of carbonyl (C=O) groups excluding carboxylic acids is 2. The first kappa shape index (κ1) is 20.2. The molecule has 2 atom stereocenters. The van der Waals surface area contributed by atoms with Crippen LogP contribution in [0.5, 0.6) is 0 Å². The molecule has 2 aliphatic rings. The number of sulfonamides is 1. The van der Waals surface area contributed by atoms with Gasteiger partial charge in [-0.25, -0.2) is 8.42 Å². The number of amides is 2. The lowest BCUT2D eigenvalue weighted by molar-refractivity contribution is -0.138. The Morgan fingerprint density at radius 2 is 1.92 bits per heavy atom. The molecule has 0 radical (unpaired) electrons. The summed E-state index contributed by atoms with van der Waals surface area (Å²) in [6, 6.07) is -0.208. The lowest BCUT2D eigenvalue weighted by atomic mass is 10.0. The second kappa shape index (κ2) is 8.49. The quantitative estimate of drug-likeness (QED) is 0.602. The first-order chi connectivity index (χ1) is 11.7. The molecule has 0 saturated carbocycles. The summed E-state index contributed by atoms with van der Waals surface area (Å²) in [6.07, 6.45) is 4.56. The van der Waals surface area contributed by atoms with Gasteiger partial charge in [-0.3, -0.25) is 9.59 Å². The Morgan fingerprint density at radius 1 is 1.24 bits per heavy atom. The van der Waals surface area contributed by atoms with Crippen LogP contribution in [0.1, 0.15) is 46.0 Å². The van der Waals surface area contributed by atoms with E-state index in [1.807, 2.05) is 18.7 Å². The van der Waals surface area contributed by atoms with Gasteiger partial charge in [-0.1, -0.05) is 13.8 Å². The Bertz CT molecular complexity index is 589. The monoisotopic (exact) mass is 373 g/mol. The van der Waals surface area contributed by atoms with Gasteiger partial charge in [0.05, 0.1) is 6.26 Å². The van der Waals surface area contributed by atoms with Crippen LogP contribution in [0, 0.1) is 5.92 Å². The first-order valence-electron chi connectivity index (χ1n) is 9.24. The van der Waals surface area contributed by atoms with Gasteiger partial charge in [0.15, 0.2) is 0 Å². The number of hydrogen-bond donors (Lipinski definition) is 0. The van der Waals surface area contributed by atoms with E-state index in [0.29, 0.717) is 26.1 Å². The molecule has 0 aromatic heterocycles. The van der Waals surface area contributed by atoms with E-state index in [1.54, 1.807) is 4.90 Å². The van der Waals surface area contributed by atoms with E-state index >= 15 is 0 Å². The fourth-order valence-corrected chi connectivity index (χ4v) is 4.57. The minimum atomic E-state index is -3.23. The first-order valence-corrected chi connectivity index (χ1v) is 11.1. The van der Waals surface area contributed by atoms with Crippen molar-refractivity contribution in [1.82, 2.24) is 14.1 Å². The zero-order valence-corrected chi connectivity index (χ0v) is 16.4. The average molecular weight is 374 g/mol. The van der Waals surface area contributed by atoms with Crippen LogP contribution in [-0.2, 0) is 19.6 Å². The maximum Gasteiger partial charge on any atom is 0.224 e. The van der Waals surface area contributed by atoms with E-state index in [4.69, 9.17) is 0 Å². The van der Waals surface area contributed by atoms with Crippen molar-refractivity contribution in [2.75, 3.05) is 39.0 Å². The number of rotatable bonds is 9. The second-order valence-electron chi connectivity index (χ2n) is 7.40. The summed E-state index contributed by atoms with van der Waals surface area (Å²) in [6.45, 7) is 7.43. The smallest absolute Gasteiger partial charge is 0.224 e. The zero-order valence-electron chi connectivity index (χ0n) is 15.6. The average Bonchev–Trinajstić information content (AvgIpc) is 2.38. The molecule has 8 heteroatoms. The maximum absolute atomic E-state index is 12.6. The van der Waals surface area contributed by atoms with Gasteiger partial charge >= 0.3 is 0 Å². The lowest BCUT2D eigenvalue weighted by Gasteiger charge is -2.39. The zero-order chi connectivity index (χ0) is 18.6. The Morgan fingerprint density at radius 3 is 2.36 bits per heavy atom.